The van der Waals surface area contributed by atoms with Gasteiger partial charge in [0, 0.05) is 11.6 Å². The van der Waals surface area contributed by atoms with Crippen LogP contribution in [-0.4, -0.2) is 18.6 Å². The van der Waals surface area contributed by atoms with Crippen molar-refractivity contribution in [3.63, 3.8) is 0 Å². The molecule has 0 saturated carbocycles. The summed E-state index contributed by atoms with van der Waals surface area (Å²) < 4.78 is 72.7. The highest BCUT2D eigenvalue weighted by Gasteiger charge is 2.38. The van der Waals surface area contributed by atoms with Gasteiger partial charge in [-0.3, -0.25) is 4.79 Å². The van der Waals surface area contributed by atoms with Crippen molar-refractivity contribution in [2.24, 2.45) is 0 Å². The summed E-state index contributed by atoms with van der Waals surface area (Å²) in [6.45, 7) is -0.385. The Balaban J connectivity index is 2.65. The minimum Gasteiger partial charge on any atom is -0.348 e. The number of carbonyl (C=O) groups is 1. The second kappa shape index (κ2) is 5.90. The van der Waals surface area contributed by atoms with Gasteiger partial charge in [-0.25, -0.2) is 0 Å². The van der Waals surface area contributed by atoms with E-state index in [2.05, 4.69) is 0 Å². The zero-order chi connectivity index (χ0) is 15.6. The first-order valence-corrected chi connectivity index (χ1v) is 5.60. The minimum absolute atomic E-state index is 0.112. The van der Waals surface area contributed by atoms with E-state index in [0.29, 0.717) is 6.07 Å². The summed E-state index contributed by atoms with van der Waals surface area (Å²) in [6, 6.07) is 2.51. The number of alkyl halides is 6. The van der Waals surface area contributed by atoms with Gasteiger partial charge in [-0.2, -0.15) is 26.3 Å². The summed E-state index contributed by atoms with van der Waals surface area (Å²) in [5, 5.41) is 1.38. The summed E-state index contributed by atoms with van der Waals surface area (Å²) in [6.07, 6.45) is -9.66. The monoisotopic (exact) mass is 319 g/mol. The molecule has 0 aliphatic heterocycles. The van der Waals surface area contributed by atoms with Crippen molar-refractivity contribution >= 4 is 17.5 Å². The number of carbonyl (C=O) groups excluding carboxylic acids is 1. The third kappa shape index (κ3) is 4.59. The number of hydrogen-bond acceptors (Lipinski definition) is 1. The van der Waals surface area contributed by atoms with Crippen molar-refractivity contribution in [2.75, 3.05) is 6.54 Å². The van der Waals surface area contributed by atoms with E-state index in [0.717, 1.165) is 12.1 Å². The number of rotatable bonds is 3. The van der Waals surface area contributed by atoms with E-state index in [4.69, 9.17) is 11.6 Å². The average molecular weight is 320 g/mol. The van der Waals surface area contributed by atoms with Gasteiger partial charge in [0.1, 0.15) is 0 Å². The Hall–Kier alpha value is -1.44. The molecule has 9 heteroatoms. The van der Waals surface area contributed by atoms with Gasteiger partial charge in [0.05, 0.1) is 5.56 Å². The van der Waals surface area contributed by atoms with E-state index in [1.54, 1.807) is 5.32 Å². The molecule has 1 rings (SSSR count). The van der Waals surface area contributed by atoms with E-state index in [1.165, 1.54) is 0 Å². The number of hydrogen-bond donors (Lipinski definition) is 1. The topological polar surface area (TPSA) is 29.1 Å². The van der Waals surface area contributed by atoms with Crippen molar-refractivity contribution < 1.29 is 31.1 Å². The van der Waals surface area contributed by atoms with Gasteiger partial charge in [0.15, 0.2) is 0 Å². The van der Waals surface area contributed by atoms with E-state index in [9.17, 15) is 31.1 Å². The molecule has 112 valence electrons. The standard InChI is InChI=1S/C11H8ClF6NO/c12-8-5-7(10(13,14)15)2-1-6(8)3-4-19-9(20)11(16,17)18/h1-2,5H,3-4H2,(H,19,20). The largest absolute Gasteiger partial charge is 0.471 e. The average Bonchev–Trinajstić information content (AvgIpc) is 2.28. The molecular formula is C11H8ClF6NO. The van der Waals surface area contributed by atoms with E-state index in [1.807, 2.05) is 0 Å². The summed E-state index contributed by atoms with van der Waals surface area (Å²) in [5.74, 6) is -2.11. The fraction of sp³-hybridized carbons (Fsp3) is 0.364. The van der Waals surface area contributed by atoms with E-state index in [-0.39, 0.29) is 23.6 Å². The zero-order valence-corrected chi connectivity index (χ0v) is 10.5. The van der Waals surface area contributed by atoms with Crippen LogP contribution in [0.1, 0.15) is 11.1 Å². The van der Waals surface area contributed by atoms with Crippen molar-refractivity contribution in [3.05, 3.63) is 34.3 Å². The molecule has 0 atom stereocenters. The van der Waals surface area contributed by atoms with Gasteiger partial charge in [0.25, 0.3) is 0 Å². The Morgan fingerprint density at radius 1 is 1.15 bits per heavy atom. The highest BCUT2D eigenvalue weighted by molar-refractivity contribution is 6.31. The van der Waals surface area contributed by atoms with Gasteiger partial charge in [-0.1, -0.05) is 17.7 Å². The zero-order valence-electron chi connectivity index (χ0n) is 9.70. The van der Waals surface area contributed by atoms with Gasteiger partial charge in [0.2, 0.25) is 0 Å². The molecule has 0 heterocycles. The Bertz CT molecular complexity index is 497. The lowest BCUT2D eigenvalue weighted by molar-refractivity contribution is -0.173. The summed E-state index contributed by atoms with van der Waals surface area (Å²) in [4.78, 5) is 10.5. The molecule has 0 fully saturated rings. The van der Waals surface area contributed by atoms with Crippen LogP contribution in [0.25, 0.3) is 0 Å². The fourth-order valence-corrected chi connectivity index (χ4v) is 1.61. The maximum absolute atomic E-state index is 12.3. The van der Waals surface area contributed by atoms with Crippen LogP contribution in [0.2, 0.25) is 5.02 Å². The Kier molecular flexibility index (Phi) is 4.90. The Morgan fingerprint density at radius 2 is 1.75 bits per heavy atom. The minimum atomic E-state index is -5.00. The Morgan fingerprint density at radius 3 is 2.20 bits per heavy atom. The molecule has 0 bridgehead atoms. The van der Waals surface area contributed by atoms with Crippen LogP contribution in [0.4, 0.5) is 26.3 Å². The lowest BCUT2D eigenvalue weighted by Crippen LogP contribution is -2.37. The second-order valence-corrected chi connectivity index (χ2v) is 4.21. The van der Waals surface area contributed by atoms with Crippen molar-refractivity contribution in [2.45, 2.75) is 18.8 Å². The summed E-state index contributed by atoms with van der Waals surface area (Å²) >= 11 is 5.61. The third-order valence-corrected chi connectivity index (χ3v) is 2.67. The molecule has 1 aromatic rings. The molecule has 1 amide bonds. The van der Waals surface area contributed by atoms with Crippen LogP contribution in [-0.2, 0) is 17.4 Å². The number of halogens is 7. The molecule has 20 heavy (non-hydrogen) atoms. The fourth-order valence-electron chi connectivity index (χ4n) is 1.34. The third-order valence-electron chi connectivity index (χ3n) is 2.32. The molecular weight excluding hydrogens is 312 g/mol. The highest BCUT2D eigenvalue weighted by atomic mass is 35.5. The van der Waals surface area contributed by atoms with Crippen molar-refractivity contribution in [1.29, 1.82) is 0 Å². The first-order valence-electron chi connectivity index (χ1n) is 5.22. The van der Waals surface area contributed by atoms with E-state index < -0.39 is 23.8 Å². The normalized spacial score (nSPS) is 12.3. The quantitative estimate of drug-likeness (QED) is 0.848. The number of amides is 1. The number of nitrogens with one attached hydrogen (secondary N) is 1. The Labute approximate surface area is 114 Å². The molecule has 0 aliphatic rings. The molecule has 1 N–H and O–H groups in total. The molecule has 0 radical (unpaired) electrons. The van der Waals surface area contributed by atoms with Gasteiger partial charge < -0.3 is 5.32 Å². The molecule has 0 unspecified atom stereocenters. The smallest absolute Gasteiger partial charge is 0.348 e. The van der Waals surface area contributed by atoms with Crippen LogP contribution in [0, 0.1) is 0 Å². The van der Waals surface area contributed by atoms with Crippen LogP contribution in [0.5, 0.6) is 0 Å². The van der Waals surface area contributed by atoms with E-state index >= 15 is 0 Å². The van der Waals surface area contributed by atoms with Gasteiger partial charge in [-0.05, 0) is 24.1 Å². The predicted molar refractivity (Wildman–Crippen MR) is 59.2 cm³/mol. The number of benzene rings is 1. The van der Waals surface area contributed by atoms with Gasteiger partial charge in [-0.15, -0.1) is 0 Å². The molecule has 1 aromatic carbocycles. The molecule has 0 aliphatic carbocycles. The molecule has 0 saturated heterocycles. The summed E-state index contributed by atoms with van der Waals surface area (Å²) in [7, 11) is 0. The SMILES string of the molecule is O=C(NCCc1ccc(C(F)(F)F)cc1Cl)C(F)(F)F. The van der Waals surface area contributed by atoms with Gasteiger partial charge >= 0.3 is 18.3 Å². The predicted octanol–water partition coefficient (Wildman–Crippen LogP) is 3.58. The second-order valence-electron chi connectivity index (χ2n) is 3.81. The molecule has 0 aromatic heterocycles. The van der Waals surface area contributed by atoms with Crippen LogP contribution in [0.3, 0.4) is 0 Å². The first-order chi connectivity index (χ1) is 9.01. The van der Waals surface area contributed by atoms with Crippen molar-refractivity contribution in [1.82, 2.24) is 5.32 Å². The molecule has 0 spiro atoms. The van der Waals surface area contributed by atoms with Crippen LogP contribution >= 0.6 is 11.6 Å². The first kappa shape index (κ1) is 16.6. The lowest BCUT2D eigenvalue weighted by Gasteiger charge is -2.11. The lowest BCUT2D eigenvalue weighted by atomic mass is 10.1. The highest BCUT2D eigenvalue weighted by Crippen LogP contribution is 2.32. The maximum Gasteiger partial charge on any atom is 0.471 e. The van der Waals surface area contributed by atoms with Crippen molar-refractivity contribution in [3.8, 4) is 0 Å². The summed E-state index contributed by atoms with van der Waals surface area (Å²) in [5.41, 5.74) is -0.743. The van der Waals surface area contributed by atoms with Crippen LogP contribution < -0.4 is 5.32 Å². The maximum atomic E-state index is 12.3. The molecule has 2 nitrogen and oxygen atoms in total. The van der Waals surface area contributed by atoms with Crippen LogP contribution in [0.15, 0.2) is 18.2 Å².